The fraction of sp³-hybridized carbons (Fsp3) is 0.263. The second-order valence-electron chi connectivity index (χ2n) is 6.08. The fourth-order valence-electron chi connectivity index (χ4n) is 2.82. The lowest BCUT2D eigenvalue weighted by Gasteiger charge is -2.12. The summed E-state index contributed by atoms with van der Waals surface area (Å²) in [6.07, 6.45) is 1.23. The third-order valence-corrected chi connectivity index (χ3v) is 5.02. The zero-order valence-corrected chi connectivity index (χ0v) is 16.2. The molecule has 0 aliphatic carbocycles. The number of hydrogen-bond donors (Lipinski definition) is 2. The molecule has 0 atom stereocenters. The van der Waals surface area contributed by atoms with Gasteiger partial charge in [0.2, 0.25) is 5.91 Å². The number of benzene rings is 1. The Morgan fingerprint density at radius 1 is 1.29 bits per heavy atom. The second kappa shape index (κ2) is 8.22. The van der Waals surface area contributed by atoms with Crippen LogP contribution in [0, 0.1) is 0 Å². The number of carboxylic acid groups (broad SMARTS) is 1. The molecule has 0 saturated heterocycles. The number of anilines is 1. The maximum Gasteiger partial charge on any atom is 0.337 e. The van der Waals surface area contributed by atoms with Crippen molar-refractivity contribution in [1.82, 2.24) is 9.55 Å². The normalized spacial score (nSPS) is 10.8. The zero-order valence-electron chi connectivity index (χ0n) is 15.4. The Hall–Kier alpha value is -3.20. The number of amides is 1. The van der Waals surface area contributed by atoms with Crippen molar-refractivity contribution in [1.29, 1.82) is 0 Å². The molecule has 8 nitrogen and oxygen atoms in total. The van der Waals surface area contributed by atoms with Crippen LogP contribution in [-0.4, -0.2) is 33.6 Å². The molecule has 0 saturated carbocycles. The quantitative estimate of drug-likeness (QED) is 0.630. The zero-order chi connectivity index (χ0) is 20.3. The number of methoxy groups -OCH3 is 1. The SMILES string of the molecule is CCCc1nc2scc(C(=O)O)c2c(=O)n1CC(=O)Nc1ccc(OC)cc1. The first-order valence-corrected chi connectivity index (χ1v) is 9.50. The number of aromatic nitrogens is 2. The van der Waals surface area contributed by atoms with Gasteiger partial charge in [-0.15, -0.1) is 11.3 Å². The largest absolute Gasteiger partial charge is 0.497 e. The van der Waals surface area contributed by atoms with Gasteiger partial charge in [-0.25, -0.2) is 9.78 Å². The third-order valence-electron chi connectivity index (χ3n) is 4.15. The van der Waals surface area contributed by atoms with Crippen molar-refractivity contribution in [3.63, 3.8) is 0 Å². The molecule has 9 heteroatoms. The van der Waals surface area contributed by atoms with Gasteiger partial charge in [-0.1, -0.05) is 6.92 Å². The Bertz CT molecular complexity index is 1090. The molecule has 1 amide bonds. The number of fused-ring (bicyclic) bond motifs is 1. The van der Waals surface area contributed by atoms with E-state index in [1.165, 1.54) is 9.95 Å². The van der Waals surface area contributed by atoms with E-state index in [4.69, 9.17) is 4.74 Å². The summed E-state index contributed by atoms with van der Waals surface area (Å²) in [5.74, 6) is -0.475. The summed E-state index contributed by atoms with van der Waals surface area (Å²) in [7, 11) is 1.55. The number of nitrogens with zero attached hydrogens (tertiary/aromatic N) is 2. The third kappa shape index (κ3) is 3.89. The van der Waals surface area contributed by atoms with E-state index in [1.807, 2.05) is 6.92 Å². The summed E-state index contributed by atoms with van der Waals surface area (Å²) in [6, 6.07) is 6.80. The lowest BCUT2D eigenvalue weighted by Crippen LogP contribution is -2.31. The van der Waals surface area contributed by atoms with Gasteiger partial charge in [0, 0.05) is 17.5 Å². The van der Waals surface area contributed by atoms with Crippen molar-refractivity contribution in [2.24, 2.45) is 0 Å². The molecule has 0 spiro atoms. The smallest absolute Gasteiger partial charge is 0.337 e. The molecule has 3 aromatic rings. The number of carbonyl (C=O) groups is 2. The van der Waals surface area contributed by atoms with Gasteiger partial charge in [0.25, 0.3) is 5.56 Å². The molecule has 3 rings (SSSR count). The van der Waals surface area contributed by atoms with Crippen LogP contribution in [0.25, 0.3) is 10.2 Å². The van der Waals surface area contributed by atoms with Crippen LogP contribution in [0.2, 0.25) is 0 Å². The van der Waals surface area contributed by atoms with Crippen molar-refractivity contribution < 1.29 is 19.4 Å². The Balaban J connectivity index is 1.95. The van der Waals surface area contributed by atoms with Crippen molar-refractivity contribution in [2.45, 2.75) is 26.3 Å². The van der Waals surface area contributed by atoms with Crippen LogP contribution in [0.1, 0.15) is 29.5 Å². The molecule has 0 aliphatic heterocycles. The molecule has 0 fully saturated rings. The Labute approximate surface area is 164 Å². The van der Waals surface area contributed by atoms with Crippen molar-refractivity contribution in [3.05, 3.63) is 51.4 Å². The number of nitrogens with one attached hydrogen (secondary N) is 1. The van der Waals surface area contributed by atoms with E-state index in [-0.39, 0.29) is 17.5 Å². The molecule has 1 aromatic carbocycles. The van der Waals surface area contributed by atoms with Gasteiger partial charge in [0.05, 0.1) is 18.1 Å². The Kier molecular flexibility index (Phi) is 5.74. The maximum absolute atomic E-state index is 13.0. The molecule has 2 heterocycles. The summed E-state index contributed by atoms with van der Waals surface area (Å²) < 4.78 is 6.33. The minimum Gasteiger partial charge on any atom is -0.497 e. The monoisotopic (exact) mass is 401 g/mol. The fourth-order valence-corrected chi connectivity index (χ4v) is 3.74. The number of rotatable bonds is 7. The van der Waals surface area contributed by atoms with Gasteiger partial charge in [0.1, 0.15) is 22.9 Å². The molecule has 0 bridgehead atoms. The van der Waals surface area contributed by atoms with Gasteiger partial charge >= 0.3 is 5.97 Å². The highest BCUT2D eigenvalue weighted by molar-refractivity contribution is 7.17. The highest BCUT2D eigenvalue weighted by Gasteiger charge is 2.20. The standard InChI is InChI=1S/C19H19N3O5S/c1-3-4-14-21-17-16(13(10-28-17)19(25)26)18(24)22(14)9-15(23)20-11-5-7-12(27-2)8-6-11/h5-8,10H,3-4,9H2,1-2H3,(H,20,23)(H,25,26). The Morgan fingerprint density at radius 2 is 2.00 bits per heavy atom. The number of aromatic carboxylic acids is 1. The van der Waals surface area contributed by atoms with Crippen LogP contribution in [0.5, 0.6) is 5.75 Å². The van der Waals surface area contributed by atoms with Gasteiger partial charge in [0.15, 0.2) is 0 Å². The number of carbonyl (C=O) groups excluding carboxylic acids is 1. The van der Waals surface area contributed by atoms with E-state index in [1.54, 1.807) is 31.4 Å². The van der Waals surface area contributed by atoms with Crippen molar-refractivity contribution in [2.75, 3.05) is 12.4 Å². The predicted octanol–water partition coefficient (Wildman–Crippen LogP) is 2.76. The lowest BCUT2D eigenvalue weighted by atomic mass is 10.2. The maximum atomic E-state index is 13.0. The minimum absolute atomic E-state index is 0.0367. The molecule has 0 unspecified atom stereocenters. The number of carboxylic acids is 1. The molecular formula is C19H19N3O5S. The van der Waals surface area contributed by atoms with Crippen molar-refractivity contribution in [3.8, 4) is 5.75 Å². The summed E-state index contributed by atoms with van der Waals surface area (Å²) in [6.45, 7) is 1.69. The van der Waals surface area contributed by atoms with E-state index in [9.17, 15) is 19.5 Å². The average Bonchev–Trinajstić information content (AvgIpc) is 3.10. The molecule has 2 aromatic heterocycles. The minimum atomic E-state index is -1.19. The average molecular weight is 401 g/mol. The molecule has 146 valence electrons. The highest BCUT2D eigenvalue weighted by Crippen LogP contribution is 2.22. The van der Waals surface area contributed by atoms with Crippen LogP contribution >= 0.6 is 11.3 Å². The van der Waals surface area contributed by atoms with Gasteiger partial charge in [-0.3, -0.25) is 14.2 Å². The van der Waals surface area contributed by atoms with Crippen molar-refractivity contribution >= 4 is 39.1 Å². The summed E-state index contributed by atoms with van der Waals surface area (Å²) in [5.41, 5.74) is -0.0477. The van der Waals surface area contributed by atoms with E-state index < -0.39 is 17.4 Å². The highest BCUT2D eigenvalue weighted by atomic mass is 32.1. The van der Waals surface area contributed by atoms with E-state index in [0.717, 1.165) is 17.8 Å². The lowest BCUT2D eigenvalue weighted by molar-refractivity contribution is -0.116. The number of aryl methyl sites for hydroxylation is 1. The predicted molar refractivity (Wildman–Crippen MR) is 106 cm³/mol. The topological polar surface area (TPSA) is 111 Å². The van der Waals surface area contributed by atoms with Gasteiger partial charge in [-0.05, 0) is 30.7 Å². The number of ether oxygens (including phenoxy) is 1. The van der Waals surface area contributed by atoms with Crippen LogP contribution < -0.4 is 15.6 Å². The number of hydrogen-bond acceptors (Lipinski definition) is 6. The molecule has 0 radical (unpaired) electrons. The van der Waals surface area contributed by atoms with E-state index in [0.29, 0.717) is 28.5 Å². The first-order chi connectivity index (χ1) is 13.4. The molecular weight excluding hydrogens is 382 g/mol. The van der Waals surface area contributed by atoms with Crippen LogP contribution in [0.3, 0.4) is 0 Å². The molecule has 2 N–H and O–H groups in total. The number of thiophene rings is 1. The van der Waals surface area contributed by atoms with Gasteiger partial charge < -0.3 is 15.2 Å². The Morgan fingerprint density at radius 3 is 2.61 bits per heavy atom. The van der Waals surface area contributed by atoms with E-state index >= 15 is 0 Å². The molecule has 28 heavy (non-hydrogen) atoms. The first kappa shape index (κ1) is 19.6. The van der Waals surface area contributed by atoms with Gasteiger partial charge in [-0.2, -0.15) is 0 Å². The summed E-state index contributed by atoms with van der Waals surface area (Å²) >= 11 is 1.11. The summed E-state index contributed by atoms with van der Waals surface area (Å²) in [5, 5.41) is 13.5. The van der Waals surface area contributed by atoms with E-state index in [2.05, 4.69) is 10.3 Å². The first-order valence-electron chi connectivity index (χ1n) is 8.62. The van der Waals surface area contributed by atoms with Crippen LogP contribution in [0.15, 0.2) is 34.4 Å². The summed E-state index contributed by atoms with van der Waals surface area (Å²) in [4.78, 5) is 41.7. The van der Waals surface area contributed by atoms with Crippen LogP contribution in [-0.2, 0) is 17.8 Å². The second-order valence-corrected chi connectivity index (χ2v) is 6.94. The van der Waals surface area contributed by atoms with Crippen LogP contribution in [0.4, 0.5) is 5.69 Å². The molecule has 0 aliphatic rings.